The number of carbonyl (C=O) groups excluding carboxylic acids is 1. The molecule has 140 valence electrons. The van der Waals surface area contributed by atoms with Gasteiger partial charge in [-0.05, 0) is 33.6 Å². The Hall–Kier alpha value is -2.64. The SMILES string of the molecule is COc1ccnc(NC2CCN(C(=O)C(C)c3c(C)n[nH]c3C)CC2)n1. The van der Waals surface area contributed by atoms with Gasteiger partial charge >= 0.3 is 0 Å². The van der Waals surface area contributed by atoms with Gasteiger partial charge in [0, 0.05) is 42.7 Å². The number of H-pyrrole nitrogens is 1. The number of hydrogen-bond donors (Lipinski definition) is 2. The van der Waals surface area contributed by atoms with Crippen LogP contribution in [0.4, 0.5) is 5.95 Å². The van der Waals surface area contributed by atoms with E-state index in [1.165, 1.54) is 0 Å². The fourth-order valence-corrected chi connectivity index (χ4v) is 3.55. The maximum Gasteiger partial charge on any atom is 0.229 e. The Labute approximate surface area is 153 Å². The average molecular weight is 358 g/mol. The summed E-state index contributed by atoms with van der Waals surface area (Å²) in [6.45, 7) is 7.30. The van der Waals surface area contributed by atoms with Gasteiger partial charge in [-0.15, -0.1) is 0 Å². The van der Waals surface area contributed by atoms with Crippen molar-refractivity contribution < 1.29 is 9.53 Å². The van der Waals surface area contributed by atoms with Crippen molar-refractivity contribution in [1.29, 1.82) is 0 Å². The normalized spacial score (nSPS) is 16.4. The van der Waals surface area contributed by atoms with E-state index in [1.807, 2.05) is 25.7 Å². The number of rotatable bonds is 5. The summed E-state index contributed by atoms with van der Waals surface area (Å²) in [5.74, 6) is 1.08. The molecule has 8 heteroatoms. The first-order chi connectivity index (χ1) is 12.5. The smallest absolute Gasteiger partial charge is 0.229 e. The van der Waals surface area contributed by atoms with Gasteiger partial charge in [-0.25, -0.2) is 4.98 Å². The summed E-state index contributed by atoms with van der Waals surface area (Å²) in [7, 11) is 1.58. The Morgan fingerprint density at radius 3 is 2.73 bits per heavy atom. The number of aromatic amines is 1. The van der Waals surface area contributed by atoms with E-state index >= 15 is 0 Å². The Kier molecular flexibility index (Phi) is 5.39. The highest BCUT2D eigenvalue weighted by molar-refractivity contribution is 5.84. The second-order valence-corrected chi connectivity index (χ2v) is 6.74. The minimum atomic E-state index is -0.181. The van der Waals surface area contributed by atoms with E-state index in [4.69, 9.17) is 4.74 Å². The van der Waals surface area contributed by atoms with Gasteiger partial charge in [0.05, 0.1) is 18.7 Å². The minimum Gasteiger partial charge on any atom is -0.481 e. The van der Waals surface area contributed by atoms with Crippen molar-refractivity contribution in [3.8, 4) is 5.88 Å². The van der Waals surface area contributed by atoms with Crippen LogP contribution >= 0.6 is 0 Å². The number of nitrogens with one attached hydrogen (secondary N) is 2. The molecule has 3 rings (SSSR count). The standard InChI is InChI=1S/C18H26N6O2/c1-11(16-12(2)22-23-13(16)3)17(25)24-9-6-14(7-10-24)20-18-19-8-5-15(21-18)26-4/h5,8,11,14H,6-7,9-10H2,1-4H3,(H,22,23)(H,19,20,21). The van der Waals surface area contributed by atoms with E-state index < -0.39 is 0 Å². The first kappa shape index (κ1) is 18.2. The van der Waals surface area contributed by atoms with Gasteiger partial charge in [-0.2, -0.15) is 10.1 Å². The van der Waals surface area contributed by atoms with Gasteiger partial charge in [-0.3, -0.25) is 9.89 Å². The number of amides is 1. The molecule has 1 unspecified atom stereocenters. The third-order valence-electron chi connectivity index (χ3n) is 4.97. The van der Waals surface area contributed by atoms with Crippen molar-refractivity contribution in [1.82, 2.24) is 25.1 Å². The van der Waals surface area contributed by atoms with Crippen molar-refractivity contribution in [2.75, 3.05) is 25.5 Å². The van der Waals surface area contributed by atoms with Crippen LogP contribution in [0.3, 0.4) is 0 Å². The number of hydrogen-bond acceptors (Lipinski definition) is 6. The molecule has 2 aromatic heterocycles. The molecule has 1 aliphatic heterocycles. The summed E-state index contributed by atoms with van der Waals surface area (Å²) in [6, 6.07) is 1.96. The molecule has 0 spiro atoms. The van der Waals surface area contributed by atoms with Crippen molar-refractivity contribution in [2.45, 2.75) is 45.6 Å². The molecule has 2 aromatic rings. The van der Waals surface area contributed by atoms with Crippen LogP contribution in [0.15, 0.2) is 12.3 Å². The van der Waals surface area contributed by atoms with Crippen LogP contribution in [0, 0.1) is 13.8 Å². The van der Waals surface area contributed by atoms with Crippen molar-refractivity contribution >= 4 is 11.9 Å². The minimum absolute atomic E-state index is 0.161. The molecule has 1 aliphatic rings. The van der Waals surface area contributed by atoms with Crippen LogP contribution in [0.5, 0.6) is 5.88 Å². The number of ether oxygens (including phenoxy) is 1. The van der Waals surface area contributed by atoms with E-state index in [-0.39, 0.29) is 17.9 Å². The highest BCUT2D eigenvalue weighted by Crippen LogP contribution is 2.25. The average Bonchev–Trinajstić information content (AvgIpc) is 2.99. The van der Waals surface area contributed by atoms with E-state index in [0.717, 1.165) is 42.9 Å². The van der Waals surface area contributed by atoms with Gasteiger partial charge in [0.25, 0.3) is 0 Å². The number of carbonyl (C=O) groups is 1. The first-order valence-electron chi connectivity index (χ1n) is 8.93. The van der Waals surface area contributed by atoms with Gasteiger partial charge in [0.1, 0.15) is 0 Å². The zero-order chi connectivity index (χ0) is 18.7. The topological polar surface area (TPSA) is 96.0 Å². The lowest BCUT2D eigenvalue weighted by atomic mass is 9.96. The third-order valence-corrected chi connectivity index (χ3v) is 4.97. The third kappa shape index (κ3) is 3.79. The monoisotopic (exact) mass is 358 g/mol. The molecule has 1 fully saturated rings. The molecule has 1 saturated heterocycles. The van der Waals surface area contributed by atoms with Crippen LogP contribution in [-0.2, 0) is 4.79 Å². The number of nitrogens with zero attached hydrogens (tertiary/aromatic N) is 4. The summed E-state index contributed by atoms with van der Waals surface area (Å²) in [4.78, 5) is 23.3. The molecule has 1 amide bonds. The molecule has 2 N–H and O–H groups in total. The number of anilines is 1. The summed E-state index contributed by atoms with van der Waals surface area (Å²) in [5.41, 5.74) is 2.88. The molecule has 0 radical (unpaired) electrons. The zero-order valence-corrected chi connectivity index (χ0v) is 15.7. The number of methoxy groups -OCH3 is 1. The quantitative estimate of drug-likeness (QED) is 0.849. The highest BCUT2D eigenvalue weighted by atomic mass is 16.5. The Balaban J connectivity index is 1.57. The van der Waals surface area contributed by atoms with Crippen LogP contribution in [0.25, 0.3) is 0 Å². The Morgan fingerprint density at radius 1 is 1.38 bits per heavy atom. The predicted octanol–water partition coefficient (Wildman–Crippen LogP) is 2.03. The van der Waals surface area contributed by atoms with Crippen molar-refractivity contribution in [3.05, 3.63) is 29.2 Å². The number of likely N-dealkylation sites (tertiary alicyclic amines) is 1. The molecule has 3 heterocycles. The molecule has 0 saturated carbocycles. The lowest BCUT2D eigenvalue weighted by molar-refractivity contribution is -0.133. The predicted molar refractivity (Wildman–Crippen MR) is 98.3 cm³/mol. The molecule has 1 atom stereocenters. The maximum absolute atomic E-state index is 12.9. The van der Waals surface area contributed by atoms with E-state index in [9.17, 15) is 4.79 Å². The summed E-state index contributed by atoms with van der Waals surface area (Å²) in [5, 5.41) is 10.5. The fraction of sp³-hybridized carbons (Fsp3) is 0.556. The van der Waals surface area contributed by atoms with E-state index in [0.29, 0.717) is 11.8 Å². The number of piperidine rings is 1. The lowest BCUT2D eigenvalue weighted by Gasteiger charge is -2.34. The molecular formula is C18H26N6O2. The first-order valence-corrected chi connectivity index (χ1v) is 8.93. The van der Waals surface area contributed by atoms with E-state index in [2.05, 4.69) is 25.5 Å². The van der Waals surface area contributed by atoms with Gasteiger partial charge in [0.2, 0.25) is 17.7 Å². The molecule has 8 nitrogen and oxygen atoms in total. The highest BCUT2D eigenvalue weighted by Gasteiger charge is 2.29. The fourth-order valence-electron chi connectivity index (χ4n) is 3.55. The maximum atomic E-state index is 12.9. The van der Waals surface area contributed by atoms with E-state index in [1.54, 1.807) is 19.4 Å². The van der Waals surface area contributed by atoms with Gasteiger partial charge in [0.15, 0.2) is 0 Å². The molecule has 0 bridgehead atoms. The van der Waals surface area contributed by atoms with Crippen LogP contribution in [0.1, 0.15) is 42.6 Å². The second-order valence-electron chi connectivity index (χ2n) is 6.74. The van der Waals surface area contributed by atoms with Crippen LogP contribution < -0.4 is 10.1 Å². The summed E-state index contributed by atoms with van der Waals surface area (Å²) < 4.78 is 5.12. The van der Waals surface area contributed by atoms with Crippen molar-refractivity contribution in [2.24, 2.45) is 0 Å². The molecule has 0 aromatic carbocycles. The number of aromatic nitrogens is 4. The van der Waals surface area contributed by atoms with Gasteiger partial charge < -0.3 is 15.0 Å². The summed E-state index contributed by atoms with van der Waals surface area (Å²) >= 11 is 0. The Bertz CT molecular complexity index is 747. The zero-order valence-electron chi connectivity index (χ0n) is 15.7. The largest absolute Gasteiger partial charge is 0.481 e. The number of aryl methyl sites for hydroxylation is 2. The molecule has 26 heavy (non-hydrogen) atoms. The Morgan fingerprint density at radius 2 is 2.12 bits per heavy atom. The van der Waals surface area contributed by atoms with Gasteiger partial charge in [-0.1, -0.05) is 0 Å². The lowest BCUT2D eigenvalue weighted by Crippen LogP contribution is -2.44. The second kappa shape index (κ2) is 7.72. The van der Waals surface area contributed by atoms with Crippen molar-refractivity contribution in [3.63, 3.8) is 0 Å². The summed E-state index contributed by atoms with van der Waals surface area (Å²) in [6.07, 6.45) is 3.40. The molecule has 0 aliphatic carbocycles. The van der Waals surface area contributed by atoms with Crippen LogP contribution in [-0.4, -0.2) is 57.2 Å². The molecular weight excluding hydrogens is 332 g/mol. The van der Waals surface area contributed by atoms with Crippen LogP contribution in [0.2, 0.25) is 0 Å².